The van der Waals surface area contributed by atoms with Crippen molar-refractivity contribution in [2.75, 3.05) is 46.4 Å². The molecule has 0 spiro atoms. The largest absolute Gasteiger partial charge is 0.479 e. The van der Waals surface area contributed by atoms with Gasteiger partial charge in [-0.05, 0) is 6.42 Å². The van der Waals surface area contributed by atoms with E-state index >= 15 is 0 Å². The van der Waals surface area contributed by atoms with Crippen LogP contribution in [-0.2, 0) is 19.1 Å². The molecule has 0 aromatic rings. The maximum Gasteiger partial charge on any atom is 0.332 e. The molecule has 1 atom stereocenters. The first-order chi connectivity index (χ1) is 12.0. The lowest BCUT2D eigenvalue weighted by molar-refractivity contribution is -0.148. The smallest absolute Gasteiger partial charge is 0.332 e. The van der Waals surface area contributed by atoms with Crippen LogP contribution in [0.1, 0.15) is 13.3 Å². The number of Topliss-reactive ketones (excluding diaryl/α,β-unsaturated/α-hetero) is 1. The van der Waals surface area contributed by atoms with Crippen LogP contribution in [0.25, 0.3) is 0 Å². The molecule has 1 aliphatic carbocycles. The third kappa shape index (κ3) is 3.84. The molecule has 0 aromatic heterocycles. The number of rotatable bonds is 6. The number of carbonyl (C=O) groups excluding carboxylic acids is 2. The van der Waals surface area contributed by atoms with Gasteiger partial charge in [-0.15, -0.1) is 0 Å². The number of hydrogen-bond donors (Lipinski definition) is 1. The summed E-state index contributed by atoms with van der Waals surface area (Å²) in [6, 6.07) is 0. The number of ketones is 2. The zero-order valence-corrected chi connectivity index (χ0v) is 14.5. The molecule has 1 N–H and O–H groups in total. The van der Waals surface area contributed by atoms with E-state index in [1.165, 1.54) is 13.2 Å². The van der Waals surface area contributed by atoms with Crippen LogP contribution in [0, 0.1) is 0 Å². The van der Waals surface area contributed by atoms with Gasteiger partial charge in [-0.25, -0.2) is 4.79 Å². The number of hydrogen-bond acceptors (Lipinski definition) is 7. The predicted molar refractivity (Wildman–Crippen MR) is 88.6 cm³/mol. The third-order valence-corrected chi connectivity index (χ3v) is 4.42. The molecule has 1 unspecified atom stereocenters. The maximum absolute atomic E-state index is 12.4. The van der Waals surface area contributed by atoms with Crippen molar-refractivity contribution in [1.82, 2.24) is 14.7 Å². The molecule has 0 aromatic carbocycles. The Morgan fingerprint density at radius 3 is 1.96 bits per heavy atom. The molecule has 0 bridgehead atoms. The normalized spacial score (nSPS) is 22.3. The van der Waals surface area contributed by atoms with E-state index in [1.807, 2.05) is 14.7 Å². The van der Waals surface area contributed by atoms with Gasteiger partial charge in [-0.3, -0.25) is 9.59 Å². The number of methoxy groups -OCH3 is 1. The number of carbonyl (C=O) groups is 3. The zero-order valence-electron chi connectivity index (χ0n) is 14.5. The van der Waals surface area contributed by atoms with Gasteiger partial charge in [0.05, 0.1) is 5.70 Å². The Hall–Kier alpha value is -2.35. The van der Waals surface area contributed by atoms with Crippen LogP contribution in [-0.4, -0.2) is 89.8 Å². The van der Waals surface area contributed by atoms with Crippen molar-refractivity contribution in [2.45, 2.75) is 19.4 Å². The number of ether oxygens (including phenoxy) is 1. The van der Waals surface area contributed by atoms with Crippen LogP contribution in [0.4, 0.5) is 0 Å². The summed E-state index contributed by atoms with van der Waals surface area (Å²) >= 11 is 0. The van der Waals surface area contributed by atoms with Crippen molar-refractivity contribution in [3.05, 3.63) is 23.2 Å². The second-order valence-electron chi connectivity index (χ2n) is 6.35. The molecule has 8 nitrogen and oxygen atoms in total. The fourth-order valence-corrected chi connectivity index (χ4v) is 2.72. The molecule has 25 heavy (non-hydrogen) atoms. The summed E-state index contributed by atoms with van der Waals surface area (Å²) in [5.41, 5.74) is 1.89. The zero-order chi connectivity index (χ0) is 18.1. The highest BCUT2D eigenvalue weighted by atomic mass is 16.5. The molecular weight excluding hydrogens is 326 g/mol. The molecule has 3 heterocycles. The van der Waals surface area contributed by atoms with E-state index < -0.39 is 12.1 Å². The van der Waals surface area contributed by atoms with Crippen LogP contribution >= 0.6 is 0 Å². The summed E-state index contributed by atoms with van der Waals surface area (Å²) in [6.07, 6.45) is 1.41. The van der Waals surface area contributed by atoms with Gasteiger partial charge in [-0.2, -0.15) is 0 Å². The van der Waals surface area contributed by atoms with Gasteiger partial charge >= 0.3 is 5.97 Å². The number of carboxylic acids is 1. The molecule has 136 valence electrons. The van der Waals surface area contributed by atoms with Crippen LogP contribution in [0.3, 0.4) is 0 Å². The molecule has 0 radical (unpaired) electrons. The van der Waals surface area contributed by atoms with Crippen molar-refractivity contribution in [2.24, 2.45) is 0 Å². The van der Waals surface area contributed by atoms with E-state index in [0.29, 0.717) is 23.5 Å². The molecule has 3 aliphatic heterocycles. The minimum Gasteiger partial charge on any atom is -0.479 e. The number of carboxylic acid groups (broad SMARTS) is 1. The molecule has 8 heteroatoms. The van der Waals surface area contributed by atoms with Gasteiger partial charge in [0.1, 0.15) is 11.4 Å². The fraction of sp³-hybridized carbons (Fsp3) is 0.588. The van der Waals surface area contributed by atoms with Gasteiger partial charge in [-0.1, -0.05) is 6.92 Å². The second-order valence-corrected chi connectivity index (χ2v) is 6.35. The van der Waals surface area contributed by atoms with Crippen LogP contribution in [0.5, 0.6) is 0 Å². The van der Waals surface area contributed by atoms with E-state index in [2.05, 4.69) is 4.74 Å². The highest BCUT2D eigenvalue weighted by Gasteiger charge is 2.43. The Morgan fingerprint density at radius 2 is 1.60 bits per heavy atom. The molecular formula is C17H23N3O5. The molecule has 0 amide bonds. The first-order valence-electron chi connectivity index (χ1n) is 8.53. The number of nitrogens with zero attached hydrogens (tertiary/aromatic N) is 3. The van der Waals surface area contributed by atoms with Crippen molar-refractivity contribution < 1.29 is 24.2 Å². The van der Waals surface area contributed by atoms with E-state index in [-0.39, 0.29) is 11.6 Å². The van der Waals surface area contributed by atoms with E-state index in [9.17, 15) is 14.4 Å². The maximum atomic E-state index is 12.4. The lowest BCUT2D eigenvalue weighted by Crippen LogP contribution is -2.29. The predicted octanol–water partition coefficient (Wildman–Crippen LogP) is -0.323. The first kappa shape index (κ1) is 17.5. The summed E-state index contributed by atoms with van der Waals surface area (Å²) in [6.45, 7) is 7.17. The quantitative estimate of drug-likeness (QED) is 0.515. The Labute approximate surface area is 146 Å². The average molecular weight is 349 g/mol. The van der Waals surface area contributed by atoms with E-state index in [1.54, 1.807) is 6.92 Å². The van der Waals surface area contributed by atoms with Crippen LogP contribution < -0.4 is 0 Å². The summed E-state index contributed by atoms with van der Waals surface area (Å²) in [5.74, 6) is -0.845. The molecule has 4 aliphatic rings. The van der Waals surface area contributed by atoms with Crippen molar-refractivity contribution in [3.63, 3.8) is 0 Å². The van der Waals surface area contributed by atoms with Gasteiger partial charge in [0.15, 0.2) is 6.10 Å². The molecule has 0 saturated carbocycles. The summed E-state index contributed by atoms with van der Waals surface area (Å²) < 4.78 is 4.56. The average Bonchev–Trinajstić information content (AvgIpc) is 3.41. The van der Waals surface area contributed by atoms with Crippen LogP contribution in [0.15, 0.2) is 23.2 Å². The summed E-state index contributed by atoms with van der Waals surface area (Å²) in [4.78, 5) is 40.5. The van der Waals surface area contributed by atoms with Crippen LogP contribution in [0.2, 0.25) is 0 Å². The molecule has 4 rings (SSSR count). The lowest BCUT2D eigenvalue weighted by atomic mass is 10.0. The van der Waals surface area contributed by atoms with E-state index in [4.69, 9.17) is 5.11 Å². The second kappa shape index (κ2) is 6.87. The van der Waals surface area contributed by atoms with Crippen molar-refractivity contribution in [1.29, 1.82) is 0 Å². The van der Waals surface area contributed by atoms with Gasteiger partial charge < -0.3 is 24.5 Å². The topological polar surface area (TPSA) is 89.7 Å². The molecule has 3 fully saturated rings. The summed E-state index contributed by atoms with van der Waals surface area (Å²) in [5, 5.41) is 8.25. The monoisotopic (exact) mass is 349 g/mol. The third-order valence-electron chi connectivity index (χ3n) is 4.42. The van der Waals surface area contributed by atoms with Gasteiger partial charge in [0.25, 0.3) is 0 Å². The Morgan fingerprint density at radius 1 is 1.08 bits per heavy atom. The Bertz CT molecular complexity index is 653. The first-order valence-corrected chi connectivity index (χ1v) is 8.53. The van der Waals surface area contributed by atoms with Crippen molar-refractivity contribution >= 4 is 17.5 Å². The lowest BCUT2D eigenvalue weighted by Gasteiger charge is -2.21. The summed E-state index contributed by atoms with van der Waals surface area (Å²) in [7, 11) is 1.39. The highest BCUT2D eigenvalue weighted by molar-refractivity contribution is 6.22. The Balaban J connectivity index is 0.000000197. The van der Waals surface area contributed by atoms with Gasteiger partial charge in [0.2, 0.25) is 11.6 Å². The minimum absolute atomic E-state index is 0.00546. The standard InChI is InChI=1S/C12H13N3O2.C5H10O3/c16-9-7-8(13-1-2-13)12(17)11(15-5-6-15)10(9)14-3-4-14;1-3-4(8-2)5(6)7/h7H,1-6H2;4H,3H2,1-2H3,(H,6,7). The fourth-order valence-electron chi connectivity index (χ4n) is 2.72. The Kier molecular flexibility index (Phi) is 4.80. The van der Waals surface area contributed by atoms with Gasteiger partial charge in [0, 0.05) is 52.5 Å². The highest BCUT2D eigenvalue weighted by Crippen LogP contribution is 2.33. The molecule has 3 saturated heterocycles. The number of aliphatic carboxylic acids is 1. The minimum atomic E-state index is -0.894. The SMILES string of the molecule is CCC(OC)C(=O)O.O=C1C=C(N2CC2)C(=O)C(N2CC2)=C1N1CC1. The number of allylic oxidation sites excluding steroid dienone is 1. The van der Waals surface area contributed by atoms with Crippen molar-refractivity contribution in [3.8, 4) is 0 Å². The van der Waals surface area contributed by atoms with E-state index in [0.717, 1.165) is 39.3 Å².